The van der Waals surface area contributed by atoms with Gasteiger partial charge in [0.25, 0.3) is 0 Å². The molecule has 0 aliphatic rings. The summed E-state index contributed by atoms with van der Waals surface area (Å²) < 4.78 is 20.3. The van der Waals surface area contributed by atoms with Crippen LogP contribution in [-0.2, 0) is 23.7 Å². The Morgan fingerprint density at radius 1 is 1.00 bits per heavy atom. The molecule has 0 bridgehead atoms. The SMILES string of the molecule is CCOC(OCC)(OCC)OC(C)=O. The fraction of sp³-hybridized carbons (Fsp3) is 0.889. The van der Waals surface area contributed by atoms with Gasteiger partial charge in [0.1, 0.15) is 0 Å². The van der Waals surface area contributed by atoms with E-state index in [0.717, 1.165) is 0 Å². The van der Waals surface area contributed by atoms with E-state index in [9.17, 15) is 4.79 Å². The molecule has 0 heterocycles. The van der Waals surface area contributed by atoms with Crippen molar-refractivity contribution in [1.29, 1.82) is 0 Å². The van der Waals surface area contributed by atoms with Gasteiger partial charge in [-0.1, -0.05) is 0 Å². The molecular weight excluding hydrogens is 188 g/mol. The fourth-order valence-electron chi connectivity index (χ4n) is 0.920. The Bertz CT molecular complexity index is 152. The molecule has 0 saturated heterocycles. The molecule has 0 amide bonds. The number of carbonyl (C=O) groups excluding carboxylic acids is 1. The molecule has 0 aliphatic carbocycles. The van der Waals surface area contributed by atoms with Crippen molar-refractivity contribution in [2.75, 3.05) is 19.8 Å². The Balaban J connectivity index is 4.45. The van der Waals surface area contributed by atoms with Crippen molar-refractivity contribution in [3.63, 3.8) is 0 Å². The van der Waals surface area contributed by atoms with Gasteiger partial charge in [-0.05, 0) is 20.8 Å². The highest BCUT2D eigenvalue weighted by atomic mass is 17.0. The smallest absolute Gasteiger partial charge is 0.384 e. The summed E-state index contributed by atoms with van der Waals surface area (Å²) >= 11 is 0. The van der Waals surface area contributed by atoms with Gasteiger partial charge in [-0.25, -0.2) is 0 Å². The molecule has 14 heavy (non-hydrogen) atoms. The summed E-state index contributed by atoms with van der Waals surface area (Å²) in [6.45, 7) is 7.53. The Hall–Kier alpha value is -0.650. The Morgan fingerprint density at radius 3 is 1.57 bits per heavy atom. The quantitative estimate of drug-likeness (QED) is 0.464. The van der Waals surface area contributed by atoms with Crippen LogP contribution in [0.1, 0.15) is 27.7 Å². The zero-order chi connectivity index (χ0) is 11.0. The third kappa shape index (κ3) is 4.55. The zero-order valence-electron chi connectivity index (χ0n) is 9.16. The number of hydrogen-bond donors (Lipinski definition) is 0. The largest absolute Gasteiger partial charge is 0.462 e. The van der Waals surface area contributed by atoms with Crippen LogP contribution in [0, 0.1) is 0 Å². The lowest BCUT2D eigenvalue weighted by Crippen LogP contribution is -2.43. The van der Waals surface area contributed by atoms with Crippen molar-refractivity contribution in [3.05, 3.63) is 0 Å². The Morgan fingerprint density at radius 2 is 1.36 bits per heavy atom. The molecule has 0 aliphatic heterocycles. The third-order valence-corrected chi connectivity index (χ3v) is 1.23. The average Bonchev–Trinajstić information content (AvgIpc) is 2.03. The lowest BCUT2D eigenvalue weighted by Gasteiger charge is -2.29. The van der Waals surface area contributed by atoms with E-state index < -0.39 is 12.1 Å². The van der Waals surface area contributed by atoms with Crippen LogP contribution in [0.4, 0.5) is 0 Å². The van der Waals surface area contributed by atoms with Crippen LogP contribution in [0.5, 0.6) is 0 Å². The van der Waals surface area contributed by atoms with Crippen molar-refractivity contribution in [3.8, 4) is 0 Å². The van der Waals surface area contributed by atoms with Gasteiger partial charge in [-0.15, -0.1) is 0 Å². The van der Waals surface area contributed by atoms with Gasteiger partial charge >= 0.3 is 12.1 Å². The van der Waals surface area contributed by atoms with E-state index in [4.69, 9.17) is 18.9 Å². The average molecular weight is 206 g/mol. The molecule has 0 atom stereocenters. The first kappa shape index (κ1) is 13.4. The Kier molecular flexibility index (Phi) is 6.44. The van der Waals surface area contributed by atoms with E-state index in [1.165, 1.54) is 6.92 Å². The first-order valence-electron chi connectivity index (χ1n) is 4.71. The van der Waals surface area contributed by atoms with Gasteiger partial charge in [0, 0.05) is 6.92 Å². The summed E-state index contributed by atoms with van der Waals surface area (Å²) in [6, 6.07) is 0. The second-order valence-corrected chi connectivity index (χ2v) is 2.39. The molecule has 84 valence electrons. The third-order valence-electron chi connectivity index (χ3n) is 1.23. The highest BCUT2D eigenvalue weighted by Crippen LogP contribution is 2.17. The van der Waals surface area contributed by atoms with Crippen LogP contribution in [0.25, 0.3) is 0 Å². The fourth-order valence-corrected chi connectivity index (χ4v) is 0.920. The van der Waals surface area contributed by atoms with Crippen LogP contribution in [-0.4, -0.2) is 31.9 Å². The Labute approximate surface area is 84.3 Å². The van der Waals surface area contributed by atoms with Gasteiger partial charge in [-0.2, -0.15) is 0 Å². The minimum absolute atomic E-state index is 0.327. The van der Waals surface area contributed by atoms with E-state index in [-0.39, 0.29) is 0 Å². The summed E-state index contributed by atoms with van der Waals surface area (Å²) in [6.07, 6.45) is -1.68. The second kappa shape index (κ2) is 6.75. The highest BCUT2D eigenvalue weighted by molar-refractivity contribution is 5.66. The van der Waals surface area contributed by atoms with E-state index in [1.54, 1.807) is 20.8 Å². The lowest BCUT2D eigenvalue weighted by atomic mass is 10.7. The van der Waals surface area contributed by atoms with Gasteiger partial charge in [0.05, 0.1) is 19.8 Å². The number of hydrogen-bond acceptors (Lipinski definition) is 5. The van der Waals surface area contributed by atoms with Crippen LogP contribution < -0.4 is 0 Å². The highest BCUT2D eigenvalue weighted by Gasteiger charge is 2.37. The predicted octanol–water partition coefficient (Wildman–Crippen LogP) is 1.27. The van der Waals surface area contributed by atoms with Crippen molar-refractivity contribution in [2.24, 2.45) is 0 Å². The lowest BCUT2D eigenvalue weighted by molar-refractivity contribution is -0.479. The maximum absolute atomic E-state index is 10.8. The van der Waals surface area contributed by atoms with E-state index >= 15 is 0 Å². The van der Waals surface area contributed by atoms with Crippen molar-refractivity contribution in [1.82, 2.24) is 0 Å². The summed E-state index contributed by atoms with van der Waals surface area (Å²) in [5.74, 6) is -0.514. The van der Waals surface area contributed by atoms with E-state index in [0.29, 0.717) is 19.8 Å². The van der Waals surface area contributed by atoms with E-state index in [1.807, 2.05) is 0 Å². The van der Waals surface area contributed by atoms with Gasteiger partial charge < -0.3 is 4.74 Å². The molecule has 5 heteroatoms. The summed E-state index contributed by atoms with van der Waals surface area (Å²) in [4.78, 5) is 10.8. The first-order chi connectivity index (χ1) is 6.60. The molecular formula is C9H18O5. The standard InChI is InChI=1S/C9H18O5/c1-5-11-9(12-6-2,13-7-3)14-8(4)10/h5-7H2,1-4H3. The monoisotopic (exact) mass is 206 g/mol. The van der Waals surface area contributed by atoms with Gasteiger partial charge in [0.2, 0.25) is 0 Å². The molecule has 0 rings (SSSR count). The minimum Gasteiger partial charge on any atom is -0.384 e. The number of rotatable bonds is 7. The number of esters is 1. The number of ether oxygens (including phenoxy) is 4. The summed E-state index contributed by atoms with van der Waals surface area (Å²) in [5, 5.41) is 0. The molecule has 0 radical (unpaired) electrons. The molecule has 0 N–H and O–H groups in total. The summed E-state index contributed by atoms with van der Waals surface area (Å²) in [7, 11) is 0. The van der Waals surface area contributed by atoms with Crippen molar-refractivity contribution < 1.29 is 23.7 Å². The van der Waals surface area contributed by atoms with Crippen molar-refractivity contribution in [2.45, 2.75) is 33.9 Å². The summed E-state index contributed by atoms with van der Waals surface area (Å²) in [5.41, 5.74) is 0. The maximum atomic E-state index is 10.8. The van der Waals surface area contributed by atoms with Crippen LogP contribution in [0.2, 0.25) is 0 Å². The van der Waals surface area contributed by atoms with Gasteiger partial charge in [0.15, 0.2) is 0 Å². The molecule has 0 aromatic carbocycles. The molecule has 0 aromatic heterocycles. The normalized spacial score (nSPS) is 11.4. The minimum atomic E-state index is -1.68. The van der Waals surface area contributed by atoms with Crippen LogP contribution >= 0.6 is 0 Å². The van der Waals surface area contributed by atoms with Crippen LogP contribution in [0.15, 0.2) is 0 Å². The van der Waals surface area contributed by atoms with Crippen LogP contribution in [0.3, 0.4) is 0 Å². The molecule has 5 nitrogen and oxygen atoms in total. The molecule has 0 aromatic rings. The molecule has 0 unspecified atom stereocenters. The van der Waals surface area contributed by atoms with Gasteiger partial charge in [-0.3, -0.25) is 19.0 Å². The second-order valence-electron chi connectivity index (χ2n) is 2.39. The molecule has 0 spiro atoms. The zero-order valence-corrected chi connectivity index (χ0v) is 9.16. The predicted molar refractivity (Wildman–Crippen MR) is 49.4 cm³/mol. The topological polar surface area (TPSA) is 54.0 Å². The molecule has 0 saturated carbocycles. The first-order valence-corrected chi connectivity index (χ1v) is 4.71. The number of carbonyl (C=O) groups is 1. The van der Waals surface area contributed by atoms with E-state index in [2.05, 4.69) is 0 Å². The van der Waals surface area contributed by atoms with Crippen molar-refractivity contribution >= 4 is 5.97 Å². The molecule has 0 fully saturated rings. The maximum Gasteiger partial charge on any atom is 0.462 e.